The summed E-state index contributed by atoms with van der Waals surface area (Å²) in [5.41, 5.74) is 2.23. The number of hydrogen-bond donors (Lipinski definition) is 0. The second-order valence-electron chi connectivity index (χ2n) is 8.59. The van der Waals surface area contributed by atoms with Crippen molar-refractivity contribution in [2.45, 2.75) is 76.6 Å². The van der Waals surface area contributed by atoms with Crippen molar-refractivity contribution >= 4 is 35.5 Å². The minimum absolute atomic E-state index is 0.285. The van der Waals surface area contributed by atoms with E-state index in [0.717, 1.165) is 36.7 Å². The van der Waals surface area contributed by atoms with Crippen LogP contribution in [0.25, 0.3) is 11.0 Å². The molecule has 2 aromatic rings. The van der Waals surface area contributed by atoms with E-state index < -0.39 is 8.32 Å². The lowest BCUT2D eigenvalue weighted by atomic mass is 9.87. The number of para-hydroxylation sites is 2. The zero-order chi connectivity index (χ0) is 17.5. The molecule has 1 saturated carbocycles. The molecule has 0 unspecified atom stereocenters. The molecule has 132 valence electrons. The van der Waals surface area contributed by atoms with E-state index in [1.807, 2.05) is 0 Å². The van der Waals surface area contributed by atoms with Gasteiger partial charge in [0, 0.05) is 12.0 Å². The molecule has 0 aliphatic heterocycles. The summed E-state index contributed by atoms with van der Waals surface area (Å²) in [6.07, 6.45) is 5.04. The predicted molar refractivity (Wildman–Crippen MR) is 107 cm³/mol. The van der Waals surface area contributed by atoms with Crippen molar-refractivity contribution in [1.82, 2.24) is 8.58 Å². The molecule has 1 heterocycles. The Kier molecular flexibility index (Phi) is 4.97. The molecule has 0 spiro atoms. The van der Waals surface area contributed by atoms with E-state index in [1.165, 1.54) is 5.82 Å². The maximum Gasteiger partial charge on any atom is 0.192 e. The Balaban J connectivity index is 1.68. The standard InChI is InChI=1S/C19H29BrN2OSi/c1-19(2,3)24(4,5)23-15-12-10-14(11-13-15)18-21-16-8-6-7-9-17(16)22(18)20/h6-9,14-15H,10-13H2,1-5H3. The highest BCUT2D eigenvalue weighted by Gasteiger charge is 2.40. The highest BCUT2D eigenvalue weighted by Crippen LogP contribution is 2.41. The lowest BCUT2D eigenvalue weighted by molar-refractivity contribution is 0.129. The quantitative estimate of drug-likeness (QED) is 0.561. The van der Waals surface area contributed by atoms with E-state index in [4.69, 9.17) is 9.41 Å². The number of hydrogen-bond acceptors (Lipinski definition) is 2. The first-order valence-electron chi connectivity index (χ1n) is 9.00. The van der Waals surface area contributed by atoms with Gasteiger partial charge in [-0.25, -0.2) is 4.98 Å². The van der Waals surface area contributed by atoms with E-state index >= 15 is 0 Å². The summed E-state index contributed by atoms with van der Waals surface area (Å²) in [5.74, 6) is 1.69. The first-order chi connectivity index (χ1) is 11.2. The van der Waals surface area contributed by atoms with Crippen molar-refractivity contribution in [3.8, 4) is 0 Å². The van der Waals surface area contributed by atoms with Crippen LogP contribution in [0.15, 0.2) is 24.3 Å². The van der Waals surface area contributed by atoms with Crippen LogP contribution in [0.3, 0.4) is 0 Å². The summed E-state index contributed by atoms with van der Waals surface area (Å²) in [6.45, 7) is 11.7. The Labute approximate surface area is 155 Å². The second-order valence-corrected chi connectivity index (χ2v) is 14.1. The van der Waals surface area contributed by atoms with Crippen LogP contribution >= 0.6 is 16.1 Å². The summed E-state index contributed by atoms with van der Waals surface area (Å²) < 4.78 is 8.72. The van der Waals surface area contributed by atoms with E-state index in [0.29, 0.717) is 12.0 Å². The average Bonchev–Trinajstić information content (AvgIpc) is 2.84. The van der Waals surface area contributed by atoms with E-state index in [2.05, 4.69) is 77.9 Å². The zero-order valence-corrected chi connectivity index (χ0v) is 18.1. The van der Waals surface area contributed by atoms with Crippen LogP contribution in [-0.2, 0) is 4.43 Å². The molecule has 0 amide bonds. The summed E-state index contributed by atoms with van der Waals surface area (Å²) >= 11 is 3.71. The number of aromatic nitrogens is 2. The number of rotatable bonds is 3. The number of nitrogens with zero attached hydrogens (tertiary/aromatic N) is 2. The van der Waals surface area contributed by atoms with Gasteiger partial charge in [0.1, 0.15) is 5.82 Å². The van der Waals surface area contributed by atoms with Crippen LogP contribution in [0.5, 0.6) is 0 Å². The first-order valence-corrected chi connectivity index (χ1v) is 12.6. The molecule has 3 nitrogen and oxygen atoms in total. The van der Waals surface area contributed by atoms with Crippen LogP contribution in [0.2, 0.25) is 18.1 Å². The second kappa shape index (κ2) is 6.58. The fourth-order valence-corrected chi connectivity index (χ4v) is 5.39. The fourth-order valence-electron chi connectivity index (χ4n) is 3.30. The first kappa shape index (κ1) is 18.1. The van der Waals surface area contributed by atoms with Gasteiger partial charge in [0.15, 0.2) is 8.32 Å². The predicted octanol–water partition coefficient (Wildman–Crippen LogP) is 6.24. The van der Waals surface area contributed by atoms with Crippen molar-refractivity contribution in [1.29, 1.82) is 0 Å². The number of halogens is 1. The normalized spacial score (nSPS) is 22.9. The van der Waals surface area contributed by atoms with Crippen molar-refractivity contribution < 1.29 is 4.43 Å². The maximum absolute atomic E-state index is 6.62. The van der Waals surface area contributed by atoms with Crippen molar-refractivity contribution in [3.05, 3.63) is 30.1 Å². The Morgan fingerprint density at radius 1 is 1.12 bits per heavy atom. The monoisotopic (exact) mass is 408 g/mol. The zero-order valence-electron chi connectivity index (χ0n) is 15.5. The molecule has 0 N–H and O–H groups in total. The van der Waals surface area contributed by atoms with Crippen molar-refractivity contribution in [2.24, 2.45) is 0 Å². The fraction of sp³-hybridized carbons (Fsp3) is 0.632. The molecule has 0 saturated heterocycles. The average molecular weight is 409 g/mol. The molecule has 3 rings (SSSR count). The summed E-state index contributed by atoms with van der Waals surface area (Å²) in [7, 11) is -1.66. The van der Waals surface area contributed by atoms with Crippen LogP contribution < -0.4 is 0 Å². The molecule has 1 fully saturated rings. The van der Waals surface area contributed by atoms with Gasteiger partial charge in [-0.3, -0.25) is 3.59 Å². The largest absolute Gasteiger partial charge is 0.414 e. The van der Waals surface area contributed by atoms with Gasteiger partial charge in [-0.05, 0) is 55.9 Å². The van der Waals surface area contributed by atoms with E-state index in [9.17, 15) is 0 Å². The molecule has 0 bridgehead atoms. The third-order valence-electron chi connectivity index (χ3n) is 5.84. The Morgan fingerprint density at radius 3 is 2.33 bits per heavy atom. The SMILES string of the molecule is CC(C)(C)[Si](C)(C)OC1CCC(c2nc3ccccc3n2Br)CC1. The Morgan fingerprint density at radius 2 is 1.75 bits per heavy atom. The minimum atomic E-state index is -1.66. The smallest absolute Gasteiger partial charge is 0.192 e. The minimum Gasteiger partial charge on any atom is -0.414 e. The third kappa shape index (κ3) is 3.49. The highest BCUT2D eigenvalue weighted by molar-refractivity contribution is 9.08. The molecule has 1 aliphatic carbocycles. The van der Waals surface area contributed by atoms with Gasteiger partial charge < -0.3 is 4.43 Å². The van der Waals surface area contributed by atoms with E-state index in [-0.39, 0.29) is 5.04 Å². The topological polar surface area (TPSA) is 27.1 Å². The number of fused-ring (bicyclic) bond motifs is 1. The summed E-state index contributed by atoms with van der Waals surface area (Å²) in [5, 5.41) is 0.285. The number of imidazole rings is 1. The van der Waals surface area contributed by atoms with Crippen LogP contribution in [-0.4, -0.2) is 23.0 Å². The Hall–Kier alpha value is -0.653. The van der Waals surface area contributed by atoms with Gasteiger partial charge in [0.25, 0.3) is 0 Å². The van der Waals surface area contributed by atoms with E-state index in [1.54, 1.807) is 0 Å². The molecular weight excluding hydrogens is 380 g/mol. The van der Waals surface area contributed by atoms with Gasteiger partial charge in [-0.2, -0.15) is 0 Å². The third-order valence-corrected chi connectivity index (χ3v) is 11.1. The Bertz CT molecular complexity index is 712. The van der Waals surface area contributed by atoms with Crippen LogP contribution in [0.1, 0.15) is 58.2 Å². The molecule has 1 aromatic heterocycles. The van der Waals surface area contributed by atoms with Crippen molar-refractivity contribution in [3.63, 3.8) is 0 Å². The van der Waals surface area contributed by atoms with Crippen molar-refractivity contribution in [2.75, 3.05) is 0 Å². The lowest BCUT2D eigenvalue weighted by Crippen LogP contribution is -2.44. The molecule has 0 radical (unpaired) electrons. The lowest BCUT2D eigenvalue weighted by Gasteiger charge is -2.41. The number of benzene rings is 1. The summed E-state index contributed by atoms with van der Waals surface area (Å²) in [4.78, 5) is 4.86. The molecule has 0 atom stereocenters. The van der Waals surface area contributed by atoms with Gasteiger partial charge >= 0.3 is 0 Å². The molecule has 1 aliphatic rings. The van der Waals surface area contributed by atoms with Gasteiger partial charge in [0.2, 0.25) is 0 Å². The highest BCUT2D eigenvalue weighted by atomic mass is 79.9. The van der Waals surface area contributed by atoms with Gasteiger partial charge in [-0.1, -0.05) is 32.9 Å². The van der Waals surface area contributed by atoms with Gasteiger partial charge in [-0.15, -0.1) is 0 Å². The maximum atomic E-state index is 6.62. The molecular formula is C19H29BrN2OSi. The molecule has 24 heavy (non-hydrogen) atoms. The molecule has 5 heteroatoms. The van der Waals surface area contributed by atoms with Gasteiger partial charge in [0.05, 0.1) is 27.2 Å². The molecule has 1 aromatic carbocycles. The summed E-state index contributed by atoms with van der Waals surface area (Å²) in [6, 6.07) is 8.32. The van der Waals surface area contributed by atoms with Crippen LogP contribution in [0.4, 0.5) is 0 Å². The van der Waals surface area contributed by atoms with Crippen LogP contribution in [0, 0.1) is 0 Å².